The third-order valence-corrected chi connectivity index (χ3v) is 10.3. The summed E-state index contributed by atoms with van der Waals surface area (Å²) in [6, 6.07) is 0. The van der Waals surface area contributed by atoms with Crippen LogP contribution in [0.5, 0.6) is 0 Å². The Balaban J connectivity index is -0.0000000293. The molecule has 8 bridgehead atoms. The highest BCUT2D eigenvalue weighted by atomic mass is 16.5. The normalized spacial score (nSPS) is 25.4. The van der Waals surface area contributed by atoms with Gasteiger partial charge in [-0.15, -0.1) is 0 Å². The summed E-state index contributed by atoms with van der Waals surface area (Å²) >= 11 is 0. The van der Waals surface area contributed by atoms with Gasteiger partial charge < -0.3 is 9.47 Å². The van der Waals surface area contributed by atoms with E-state index >= 15 is 0 Å². The summed E-state index contributed by atoms with van der Waals surface area (Å²) < 4.78 is 9.79. The maximum Gasteiger partial charge on any atom is 0.0487 e. The van der Waals surface area contributed by atoms with E-state index in [1.54, 1.807) is 91.3 Å². The topological polar surface area (TPSA) is 18.5 Å². The zero-order chi connectivity index (χ0) is 32.5. The van der Waals surface area contributed by atoms with Crippen LogP contribution in [0.3, 0.4) is 0 Å². The van der Waals surface area contributed by atoms with Gasteiger partial charge in [0.2, 0.25) is 0 Å². The second-order valence-corrected chi connectivity index (χ2v) is 13.7. The summed E-state index contributed by atoms with van der Waals surface area (Å²) in [6.07, 6.45) is 21.7. The predicted molar refractivity (Wildman–Crippen MR) is 272 cm³/mol. The predicted octanol–water partition coefficient (Wildman–Crippen LogP) is 20.8. The molecular weight excluding hydrogens is 657 g/mol. The third-order valence-electron chi connectivity index (χ3n) is 10.3. The Labute approximate surface area is 357 Å². The highest BCUT2D eigenvalue weighted by Gasteiger charge is 2.42. The molecule has 0 aliphatic heterocycles. The maximum absolute atomic E-state index is 4.89. The summed E-state index contributed by atoms with van der Waals surface area (Å²) in [5.41, 5.74) is 0. The molecule has 0 saturated heterocycles. The van der Waals surface area contributed by atoms with E-state index in [9.17, 15) is 0 Å². The fraction of sp³-hybridized carbons (Fsp3) is 1.00. The summed E-state index contributed by atoms with van der Waals surface area (Å²) in [6.45, 7) is 26.5. The molecule has 0 N–H and O–H groups in total. The number of hydrogen-bond acceptors (Lipinski definition) is 2. The van der Waals surface area contributed by atoms with E-state index in [2.05, 4.69) is 27.7 Å². The van der Waals surface area contributed by atoms with E-state index in [1.807, 2.05) is 55.4 Å². The summed E-state index contributed by atoms with van der Waals surface area (Å²) in [5.74, 6) is 10.9. The molecule has 0 amide bonds. The number of rotatable bonds is 6. The van der Waals surface area contributed by atoms with E-state index in [4.69, 9.17) is 9.47 Å². The van der Waals surface area contributed by atoms with Crippen LogP contribution in [0.4, 0.5) is 0 Å². The van der Waals surface area contributed by atoms with E-state index in [-0.39, 0.29) is 89.1 Å². The fourth-order valence-corrected chi connectivity index (χ4v) is 8.77. The van der Waals surface area contributed by atoms with Crippen LogP contribution in [0.25, 0.3) is 0 Å². The molecule has 0 spiro atoms. The zero-order valence-electron chi connectivity index (χ0n) is 31.9. The van der Waals surface area contributed by atoms with Crippen LogP contribution >= 0.6 is 0 Å². The van der Waals surface area contributed by atoms with Gasteiger partial charge >= 0.3 is 0 Å². The fourth-order valence-electron chi connectivity index (χ4n) is 8.77. The molecule has 0 heterocycles. The lowest BCUT2D eigenvalue weighted by Crippen LogP contribution is -2.38. The van der Waals surface area contributed by atoms with Gasteiger partial charge in [0.05, 0.1) is 0 Å². The molecule has 8 fully saturated rings. The summed E-state index contributed by atoms with van der Waals surface area (Å²) in [5, 5.41) is 0. The molecule has 8 aliphatic carbocycles. The van der Waals surface area contributed by atoms with Crippen molar-refractivity contribution in [3.05, 3.63) is 0 Å². The van der Waals surface area contributed by atoms with Crippen molar-refractivity contribution in [3.8, 4) is 0 Å². The molecular formula is C52H132O2. The smallest absolute Gasteiger partial charge is 0.0487 e. The SMILES string of the molecule is C.C.C.C.C.C.C.C.C.C.C.C.C1C2CC3CC1CC(C2)C3.C1C2CC3CC1CC(C2)C3.CC.CC.CC.CC.CCC(C)COC.CCC(C)COC. The Morgan fingerprint density at radius 3 is 0.481 bits per heavy atom. The Hall–Kier alpha value is -0.0800. The van der Waals surface area contributed by atoms with E-state index in [1.165, 1.54) is 60.2 Å². The molecule has 0 aromatic heterocycles. The van der Waals surface area contributed by atoms with Crippen molar-refractivity contribution >= 4 is 0 Å². The Bertz CT molecular complexity index is 383. The van der Waals surface area contributed by atoms with Crippen molar-refractivity contribution in [2.45, 2.75) is 262 Å². The van der Waals surface area contributed by atoms with Crippen molar-refractivity contribution in [1.82, 2.24) is 0 Å². The monoisotopic (exact) mass is 789 g/mol. The molecule has 0 aromatic carbocycles. The molecule has 2 atom stereocenters. The molecule has 54 heavy (non-hydrogen) atoms. The van der Waals surface area contributed by atoms with Gasteiger partial charge in [-0.3, -0.25) is 0 Å². The molecule has 2 heteroatoms. The van der Waals surface area contributed by atoms with Gasteiger partial charge in [-0.2, -0.15) is 0 Å². The van der Waals surface area contributed by atoms with Gasteiger partial charge in [-0.05, 0) is 136 Å². The van der Waals surface area contributed by atoms with Crippen molar-refractivity contribution in [1.29, 1.82) is 0 Å². The summed E-state index contributed by atoms with van der Waals surface area (Å²) in [4.78, 5) is 0. The second-order valence-electron chi connectivity index (χ2n) is 13.7. The van der Waals surface area contributed by atoms with E-state index < -0.39 is 0 Å². The molecule has 2 unspecified atom stereocenters. The average molecular weight is 790 g/mol. The number of ether oxygens (including phenoxy) is 2. The third kappa shape index (κ3) is 40.1. The molecule has 0 radical (unpaired) electrons. The van der Waals surface area contributed by atoms with E-state index in [0.717, 1.165) is 25.0 Å². The van der Waals surface area contributed by atoms with Crippen LogP contribution in [0.1, 0.15) is 262 Å². The van der Waals surface area contributed by atoms with Crippen LogP contribution < -0.4 is 0 Å². The lowest BCUT2D eigenvalue weighted by Gasteiger charge is -2.49. The second kappa shape index (κ2) is 62.1. The molecule has 8 rings (SSSR count). The molecule has 8 saturated carbocycles. The van der Waals surface area contributed by atoms with Gasteiger partial charge in [0.25, 0.3) is 0 Å². The lowest BCUT2D eigenvalue weighted by atomic mass is 9.56. The maximum atomic E-state index is 4.89. The Morgan fingerprint density at radius 2 is 0.426 bits per heavy atom. The van der Waals surface area contributed by atoms with Crippen LogP contribution in [-0.4, -0.2) is 27.4 Å². The van der Waals surface area contributed by atoms with Crippen LogP contribution in [-0.2, 0) is 9.47 Å². The molecule has 0 aromatic rings. The molecule has 2 nitrogen and oxygen atoms in total. The number of methoxy groups -OCH3 is 2. The van der Waals surface area contributed by atoms with Crippen LogP contribution in [0.2, 0.25) is 0 Å². The van der Waals surface area contributed by atoms with Gasteiger partial charge in [0.15, 0.2) is 0 Å². The van der Waals surface area contributed by atoms with Gasteiger partial charge in [0.1, 0.15) is 0 Å². The largest absolute Gasteiger partial charge is 0.384 e. The zero-order valence-corrected chi connectivity index (χ0v) is 31.9. The Kier molecular flexibility index (Phi) is 109. The minimum atomic E-state index is 0. The van der Waals surface area contributed by atoms with Gasteiger partial charge in [-0.1, -0.05) is 185 Å². The van der Waals surface area contributed by atoms with Crippen molar-refractivity contribution in [3.63, 3.8) is 0 Å². The first kappa shape index (κ1) is 94.8. The highest BCUT2D eigenvalue weighted by Crippen LogP contribution is 2.54. The van der Waals surface area contributed by atoms with Crippen LogP contribution in [0, 0.1) is 59.2 Å². The average Bonchev–Trinajstić information content (AvgIpc) is 3.01. The van der Waals surface area contributed by atoms with Crippen molar-refractivity contribution in [2.75, 3.05) is 27.4 Å². The standard InChI is InChI=1S/2C10H16.2C6H14O.4C2H6.12CH4/c2*1-7-2-9-4-8(1)5-10(3-7)6-9;2*1-4-6(2)5-7-3;4*1-2;;;;;;;;;;;;/h2*7-10H,1-6H2;2*6H,4-5H2,1-3H3;4*1-2H3;12*1H4. The van der Waals surface area contributed by atoms with Gasteiger partial charge in [0, 0.05) is 27.4 Å². The van der Waals surface area contributed by atoms with Gasteiger partial charge in [-0.25, -0.2) is 0 Å². The molecule has 352 valence electrons. The first-order valence-electron chi connectivity index (χ1n) is 19.4. The lowest BCUT2D eigenvalue weighted by molar-refractivity contribution is 0.0197. The van der Waals surface area contributed by atoms with Crippen molar-refractivity contribution < 1.29 is 9.47 Å². The highest BCUT2D eigenvalue weighted by molar-refractivity contribution is 4.93. The number of hydrogen-bond donors (Lipinski definition) is 0. The summed E-state index contributed by atoms with van der Waals surface area (Å²) in [7, 11) is 3.48. The minimum absolute atomic E-state index is 0. The van der Waals surface area contributed by atoms with Crippen LogP contribution in [0.15, 0.2) is 0 Å². The molecule has 8 aliphatic rings. The van der Waals surface area contributed by atoms with E-state index in [0.29, 0.717) is 0 Å². The quantitative estimate of drug-likeness (QED) is 0.267. The Morgan fingerprint density at radius 1 is 0.315 bits per heavy atom. The first-order chi connectivity index (χ1) is 20.4. The van der Waals surface area contributed by atoms with Crippen molar-refractivity contribution in [2.24, 2.45) is 59.2 Å². The minimum Gasteiger partial charge on any atom is -0.384 e. The first-order valence-corrected chi connectivity index (χ1v) is 19.4.